The van der Waals surface area contributed by atoms with E-state index >= 15 is 0 Å². The SMILES string of the molecule is Cc1noc(C)c1-c1ccc2nc(-c3cnn(CC(C)(C)O)c3)nc(N3CCOC[C@@H]3C3CCCCC3)c2c1. The van der Waals surface area contributed by atoms with Crippen molar-refractivity contribution in [2.75, 3.05) is 24.7 Å². The Hall–Kier alpha value is -3.30. The molecule has 1 aliphatic heterocycles. The normalized spacial score (nSPS) is 19.2. The quantitative estimate of drug-likeness (QED) is 0.357. The molecule has 4 aromatic rings. The molecule has 2 fully saturated rings. The third kappa shape index (κ3) is 5.30. The Labute approximate surface area is 229 Å². The van der Waals surface area contributed by atoms with Crippen LogP contribution in [0.1, 0.15) is 57.4 Å². The van der Waals surface area contributed by atoms with Crippen molar-refractivity contribution in [1.82, 2.24) is 24.9 Å². The van der Waals surface area contributed by atoms with Crippen molar-refractivity contribution in [2.45, 2.75) is 78.0 Å². The second-order valence-electron chi connectivity index (χ2n) is 11.8. The number of benzene rings is 1. The van der Waals surface area contributed by atoms with Gasteiger partial charge in [0.25, 0.3) is 0 Å². The summed E-state index contributed by atoms with van der Waals surface area (Å²) >= 11 is 0. The van der Waals surface area contributed by atoms with Gasteiger partial charge in [0.2, 0.25) is 0 Å². The number of morpholine rings is 1. The summed E-state index contributed by atoms with van der Waals surface area (Å²) in [6.45, 7) is 10.1. The average molecular weight is 531 g/mol. The Kier molecular flexibility index (Phi) is 6.89. The van der Waals surface area contributed by atoms with E-state index in [1.54, 1.807) is 24.7 Å². The lowest BCUT2D eigenvalue weighted by atomic mass is 9.83. The molecule has 9 nitrogen and oxygen atoms in total. The van der Waals surface area contributed by atoms with Crippen molar-refractivity contribution in [1.29, 1.82) is 0 Å². The number of rotatable bonds is 6. The second kappa shape index (κ2) is 10.4. The monoisotopic (exact) mass is 530 g/mol. The number of aryl methyl sites for hydroxylation is 2. The molecule has 0 spiro atoms. The third-order valence-electron chi connectivity index (χ3n) is 8.07. The lowest BCUT2D eigenvalue weighted by Gasteiger charge is -2.42. The molecule has 1 saturated heterocycles. The molecule has 3 aromatic heterocycles. The number of fused-ring (bicyclic) bond motifs is 1. The minimum atomic E-state index is -0.867. The molecule has 6 rings (SSSR count). The van der Waals surface area contributed by atoms with Crippen LogP contribution in [0, 0.1) is 19.8 Å². The van der Waals surface area contributed by atoms with Crippen LogP contribution in [0.4, 0.5) is 5.82 Å². The summed E-state index contributed by atoms with van der Waals surface area (Å²) < 4.78 is 13.3. The molecule has 1 aromatic carbocycles. The number of anilines is 1. The molecule has 2 aliphatic rings. The van der Waals surface area contributed by atoms with Crippen LogP contribution in [0.25, 0.3) is 33.4 Å². The van der Waals surface area contributed by atoms with Gasteiger partial charge in [0.15, 0.2) is 5.82 Å². The standard InChI is InChI=1S/C30H38N6O3/c1-19-27(20(2)39-34-19)22-10-11-25-24(14-22)29(36-12-13-38-17-26(36)21-8-6-5-7-9-21)33-28(32-25)23-15-31-35(16-23)18-30(3,4)37/h10-11,14-16,21,26,37H,5-9,12-13,17-18H2,1-4H3/t26-/m1/s1. The Balaban J connectivity index is 1.49. The minimum absolute atomic E-state index is 0.283. The predicted octanol–water partition coefficient (Wildman–Crippen LogP) is 5.32. The smallest absolute Gasteiger partial charge is 0.165 e. The number of aromatic nitrogens is 5. The fourth-order valence-electron chi connectivity index (χ4n) is 6.27. The van der Waals surface area contributed by atoms with Crippen LogP contribution in [0.5, 0.6) is 0 Å². The first-order valence-corrected chi connectivity index (χ1v) is 14.1. The number of hydrogen-bond donors (Lipinski definition) is 1. The molecule has 206 valence electrons. The summed E-state index contributed by atoms with van der Waals surface area (Å²) in [6, 6.07) is 6.63. The molecule has 1 saturated carbocycles. The maximum Gasteiger partial charge on any atom is 0.165 e. The largest absolute Gasteiger partial charge is 0.389 e. The van der Waals surface area contributed by atoms with Gasteiger partial charge in [-0.3, -0.25) is 4.68 Å². The predicted molar refractivity (Wildman–Crippen MR) is 151 cm³/mol. The van der Waals surface area contributed by atoms with Crippen molar-refractivity contribution in [2.24, 2.45) is 5.92 Å². The van der Waals surface area contributed by atoms with E-state index in [9.17, 15) is 5.11 Å². The van der Waals surface area contributed by atoms with Crippen LogP contribution in [-0.2, 0) is 11.3 Å². The summed E-state index contributed by atoms with van der Waals surface area (Å²) in [4.78, 5) is 12.7. The van der Waals surface area contributed by atoms with Crippen LogP contribution in [0.2, 0.25) is 0 Å². The molecule has 4 heterocycles. The van der Waals surface area contributed by atoms with Gasteiger partial charge >= 0.3 is 0 Å². The summed E-state index contributed by atoms with van der Waals surface area (Å²) in [5, 5.41) is 20.0. The van der Waals surface area contributed by atoms with Gasteiger partial charge in [0.05, 0.1) is 54.4 Å². The zero-order chi connectivity index (χ0) is 27.1. The summed E-state index contributed by atoms with van der Waals surface area (Å²) in [6.07, 6.45) is 10.0. The average Bonchev–Trinajstić information content (AvgIpc) is 3.52. The van der Waals surface area contributed by atoms with E-state index in [1.807, 2.05) is 20.0 Å². The number of aliphatic hydroxyl groups is 1. The molecule has 0 radical (unpaired) electrons. The zero-order valence-corrected chi connectivity index (χ0v) is 23.4. The van der Waals surface area contributed by atoms with Gasteiger partial charge in [-0.15, -0.1) is 0 Å². The van der Waals surface area contributed by atoms with Crippen LogP contribution >= 0.6 is 0 Å². The zero-order valence-electron chi connectivity index (χ0n) is 23.4. The Morgan fingerprint density at radius 3 is 2.64 bits per heavy atom. The first kappa shape index (κ1) is 26.0. The molecule has 39 heavy (non-hydrogen) atoms. The minimum Gasteiger partial charge on any atom is -0.389 e. The summed E-state index contributed by atoms with van der Waals surface area (Å²) in [5.41, 5.74) is 3.79. The highest BCUT2D eigenvalue weighted by Crippen LogP contribution is 2.38. The van der Waals surface area contributed by atoms with E-state index < -0.39 is 5.60 Å². The van der Waals surface area contributed by atoms with Gasteiger partial charge in [-0.25, -0.2) is 9.97 Å². The first-order chi connectivity index (χ1) is 18.8. The maximum absolute atomic E-state index is 10.3. The van der Waals surface area contributed by atoms with Crippen LogP contribution in [-0.4, -0.2) is 61.4 Å². The highest BCUT2D eigenvalue weighted by molar-refractivity contribution is 5.94. The topological polar surface area (TPSA) is 102 Å². The number of ether oxygens (including phenoxy) is 1. The lowest BCUT2D eigenvalue weighted by molar-refractivity contribution is 0.0577. The number of nitrogens with zero attached hydrogens (tertiary/aromatic N) is 6. The summed E-state index contributed by atoms with van der Waals surface area (Å²) in [5.74, 6) is 2.97. The van der Waals surface area contributed by atoms with Crippen LogP contribution < -0.4 is 4.90 Å². The van der Waals surface area contributed by atoms with Crippen LogP contribution in [0.3, 0.4) is 0 Å². The van der Waals surface area contributed by atoms with Crippen molar-refractivity contribution >= 4 is 16.7 Å². The second-order valence-corrected chi connectivity index (χ2v) is 11.8. The fourth-order valence-corrected chi connectivity index (χ4v) is 6.27. The van der Waals surface area contributed by atoms with Crippen LogP contribution in [0.15, 0.2) is 35.1 Å². The van der Waals surface area contributed by atoms with Crippen molar-refractivity contribution in [3.63, 3.8) is 0 Å². The Morgan fingerprint density at radius 2 is 1.90 bits per heavy atom. The lowest BCUT2D eigenvalue weighted by Crippen LogP contribution is -2.50. The molecule has 0 amide bonds. The first-order valence-electron chi connectivity index (χ1n) is 14.1. The highest BCUT2D eigenvalue weighted by atomic mass is 16.5. The molecular formula is C30H38N6O3. The molecule has 0 bridgehead atoms. The maximum atomic E-state index is 10.3. The summed E-state index contributed by atoms with van der Waals surface area (Å²) in [7, 11) is 0. The Morgan fingerprint density at radius 1 is 1.08 bits per heavy atom. The van der Waals surface area contributed by atoms with E-state index in [-0.39, 0.29) is 6.04 Å². The van der Waals surface area contributed by atoms with E-state index in [2.05, 4.69) is 33.4 Å². The van der Waals surface area contributed by atoms with E-state index in [0.29, 0.717) is 24.9 Å². The molecule has 1 N–H and O–H groups in total. The molecule has 1 atom stereocenters. The Bertz CT molecular complexity index is 1440. The highest BCUT2D eigenvalue weighted by Gasteiger charge is 2.34. The van der Waals surface area contributed by atoms with E-state index in [1.165, 1.54) is 32.1 Å². The molecular weight excluding hydrogens is 492 g/mol. The third-order valence-corrected chi connectivity index (χ3v) is 8.07. The number of hydrogen-bond acceptors (Lipinski definition) is 8. The van der Waals surface area contributed by atoms with Gasteiger partial charge in [-0.1, -0.05) is 30.5 Å². The van der Waals surface area contributed by atoms with E-state index in [0.717, 1.165) is 58.0 Å². The van der Waals surface area contributed by atoms with Gasteiger partial charge in [0, 0.05) is 23.7 Å². The van der Waals surface area contributed by atoms with Gasteiger partial charge in [0.1, 0.15) is 11.6 Å². The van der Waals surface area contributed by atoms with Crippen molar-refractivity contribution in [3.8, 4) is 22.5 Å². The van der Waals surface area contributed by atoms with Gasteiger partial charge in [-0.2, -0.15) is 5.10 Å². The van der Waals surface area contributed by atoms with Crippen molar-refractivity contribution in [3.05, 3.63) is 42.0 Å². The van der Waals surface area contributed by atoms with Gasteiger partial charge in [-0.05, 0) is 64.2 Å². The van der Waals surface area contributed by atoms with E-state index in [4.69, 9.17) is 19.2 Å². The molecule has 1 aliphatic carbocycles. The van der Waals surface area contributed by atoms with Gasteiger partial charge < -0.3 is 19.3 Å². The fraction of sp³-hybridized carbons (Fsp3) is 0.533. The molecule has 0 unspecified atom stereocenters. The van der Waals surface area contributed by atoms with Crippen molar-refractivity contribution < 1.29 is 14.4 Å². The molecule has 9 heteroatoms.